The predicted octanol–water partition coefficient (Wildman–Crippen LogP) is 1.63. The maximum absolute atomic E-state index is 12.4. The molecule has 2 unspecified atom stereocenters. The SMILES string of the molecule is CCC(C)C(C)N(C(=O)C1CNC1)C1CC1. The second kappa shape index (κ2) is 4.74. The number of carbonyl (C=O) groups excluding carboxylic acids is 1. The molecule has 2 fully saturated rings. The average Bonchev–Trinajstić information content (AvgIpc) is 2.98. The first kappa shape index (κ1) is 11.9. The van der Waals surface area contributed by atoms with Crippen LogP contribution in [-0.2, 0) is 4.79 Å². The molecule has 0 aromatic heterocycles. The Hall–Kier alpha value is -0.570. The summed E-state index contributed by atoms with van der Waals surface area (Å²) in [7, 11) is 0. The molecule has 2 atom stereocenters. The van der Waals surface area contributed by atoms with Crippen molar-refractivity contribution in [2.75, 3.05) is 13.1 Å². The van der Waals surface area contributed by atoms with Gasteiger partial charge in [-0.2, -0.15) is 0 Å². The Morgan fingerprint density at radius 3 is 2.38 bits per heavy atom. The smallest absolute Gasteiger partial charge is 0.228 e. The molecule has 1 N–H and O–H groups in total. The average molecular weight is 224 g/mol. The van der Waals surface area contributed by atoms with Crippen LogP contribution in [0.1, 0.15) is 40.0 Å². The van der Waals surface area contributed by atoms with Crippen LogP contribution in [0.2, 0.25) is 0 Å². The summed E-state index contributed by atoms with van der Waals surface area (Å²) < 4.78 is 0. The summed E-state index contributed by atoms with van der Waals surface area (Å²) in [4.78, 5) is 14.5. The van der Waals surface area contributed by atoms with Gasteiger partial charge >= 0.3 is 0 Å². The summed E-state index contributed by atoms with van der Waals surface area (Å²) in [5.74, 6) is 1.26. The molecule has 0 aromatic rings. The van der Waals surface area contributed by atoms with E-state index in [0.29, 0.717) is 23.9 Å². The number of hydrogen-bond acceptors (Lipinski definition) is 2. The molecule has 1 saturated carbocycles. The van der Waals surface area contributed by atoms with Gasteiger partial charge in [-0.25, -0.2) is 0 Å². The van der Waals surface area contributed by atoms with E-state index in [1.54, 1.807) is 0 Å². The van der Waals surface area contributed by atoms with Crippen molar-refractivity contribution in [2.24, 2.45) is 11.8 Å². The fourth-order valence-electron chi connectivity index (χ4n) is 2.36. The molecule has 1 aliphatic carbocycles. The van der Waals surface area contributed by atoms with Gasteiger partial charge < -0.3 is 10.2 Å². The van der Waals surface area contributed by atoms with E-state index < -0.39 is 0 Å². The van der Waals surface area contributed by atoms with E-state index in [1.165, 1.54) is 12.8 Å². The van der Waals surface area contributed by atoms with Crippen LogP contribution in [0.3, 0.4) is 0 Å². The van der Waals surface area contributed by atoms with Crippen LogP contribution in [0, 0.1) is 11.8 Å². The van der Waals surface area contributed by atoms with Crippen molar-refractivity contribution in [3.05, 3.63) is 0 Å². The van der Waals surface area contributed by atoms with Gasteiger partial charge in [0.15, 0.2) is 0 Å². The van der Waals surface area contributed by atoms with E-state index in [9.17, 15) is 4.79 Å². The Morgan fingerprint density at radius 1 is 1.38 bits per heavy atom. The van der Waals surface area contributed by atoms with Crippen molar-refractivity contribution < 1.29 is 4.79 Å². The summed E-state index contributed by atoms with van der Waals surface area (Å²) in [5.41, 5.74) is 0. The second-order valence-corrected chi connectivity index (χ2v) is 5.46. The molecule has 92 valence electrons. The third kappa shape index (κ3) is 2.24. The third-order valence-electron chi connectivity index (χ3n) is 4.23. The van der Waals surface area contributed by atoms with Crippen molar-refractivity contribution >= 4 is 5.91 Å². The Kier molecular flexibility index (Phi) is 3.53. The van der Waals surface area contributed by atoms with Crippen molar-refractivity contribution in [1.82, 2.24) is 10.2 Å². The molecule has 0 radical (unpaired) electrons. The molecule has 0 spiro atoms. The highest BCUT2D eigenvalue weighted by Gasteiger charge is 2.40. The van der Waals surface area contributed by atoms with Gasteiger partial charge in [-0.1, -0.05) is 20.3 Å². The van der Waals surface area contributed by atoms with Gasteiger partial charge in [-0.05, 0) is 25.7 Å². The van der Waals surface area contributed by atoms with Gasteiger partial charge in [0, 0.05) is 25.2 Å². The van der Waals surface area contributed by atoms with Crippen molar-refractivity contribution in [3.63, 3.8) is 0 Å². The largest absolute Gasteiger partial charge is 0.336 e. The Balaban J connectivity index is 2.00. The normalized spacial score (nSPS) is 24.7. The van der Waals surface area contributed by atoms with Crippen LogP contribution in [0.5, 0.6) is 0 Å². The summed E-state index contributed by atoms with van der Waals surface area (Å²) in [6.07, 6.45) is 3.58. The minimum absolute atomic E-state index is 0.257. The van der Waals surface area contributed by atoms with Crippen LogP contribution in [0.25, 0.3) is 0 Å². The number of hydrogen-bond donors (Lipinski definition) is 1. The number of nitrogens with zero attached hydrogens (tertiary/aromatic N) is 1. The molecular formula is C13H24N2O. The zero-order valence-electron chi connectivity index (χ0n) is 10.7. The van der Waals surface area contributed by atoms with Crippen LogP contribution < -0.4 is 5.32 Å². The monoisotopic (exact) mass is 224 g/mol. The molecule has 3 nitrogen and oxygen atoms in total. The minimum atomic E-state index is 0.257. The van der Waals surface area contributed by atoms with Gasteiger partial charge in [0.25, 0.3) is 0 Å². The van der Waals surface area contributed by atoms with Crippen LogP contribution in [-0.4, -0.2) is 36.0 Å². The molecule has 0 aromatic carbocycles. The molecule has 1 amide bonds. The first-order valence-corrected chi connectivity index (χ1v) is 6.68. The predicted molar refractivity (Wildman–Crippen MR) is 65.1 cm³/mol. The quantitative estimate of drug-likeness (QED) is 0.770. The fraction of sp³-hybridized carbons (Fsp3) is 0.923. The maximum atomic E-state index is 12.4. The zero-order valence-corrected chi connectivity index (χ0v) is 10.7. The lowest BCUT2D eigenvalue weighted by Gasteiger charge is -2.38. The lowest BCUT2D eigenvalue weighted by molar-refractivity contribution is -0.141. The molecule has 16 heavy (non-hydrogen) atoms. The van der Waals surface area contributed by atoms with Crippen LogP contribution >= 0.6 is 0 Å². The summed E-state index contributed by atoms with van der Waals surface area (Å²) in [6.45, 7) is 8.45. The standard InChI is InChI=1S/C13H24N2O/c1-4-9(2)10(3)15(12-5-6-12)13(16)11-7-14-8-11/h9-12,14H,4-8H2,1-3H3. The van der Waals surface area contributed by atoms with E-state index in [0.717, 1.165) is 19.5 Å². The van der Waals surface area contributed by atoms with Gasteiger partial charge in [0.2, 0.25) is 5.91 Å². The molecule has 2 aliphatic rings. The van der Waals surface area contributed by atoms with E-state index in [1.807, 2.05) is 0 Å². The number of carbonyl (C=O) groups is 1. The van der Waals surface area contributed by atoms with E-state index in [4.69, 9.17) is 0 Å². The van der Waals surface area contributed by atoms with Gasteiger partial charge in [0.1, 0.15) is 0 Å². The molecule has 1 heterocycles. The second-order valence-electron chi connectivity index (χ2n) is 5.46. The van der Waals surface area contributed by atoms with Gasteiger partial charge in [-0.15, -0.1) is 0 Å². The zero-order chi connectivity index (χ0) is 11.7. The lowest BCUT2D eigenvalue weighted by atomic mass is 9.95. The Labute approximate surface area is 98.6 Å². The van der Waals surface area contributed by atoms with Gasteiger partial charge in [0.05, 0.1) is 5.92 Å². The first-order chi connectivity index (χ1) is 7.65. The van der Waals surface area contributed by atoms with E-state index in [-0.39, 0.29) is 5.92 Å². The molecule has 3 heteroatoms. The molecule has 1 aliphatic heterocycles. The number of nitrogens with one attached hydrogen (secondary N) is 1. The molecule has 2 rings (SSSR count). The van der Waals surface area contributed by atoms with Crippen molar-refractivity contribution in [3.8, 4) is 0 Å². The summed E-state index contributed by atoms with van der Waals surface area (Å²) in [5, 5.41) is 3.19. The summed E-state index contributed by atoms with van der Waals surface area (Å²) in [6, 6.07) is 0.961. The van der Waals surface area contributed by atoms with Crippen LogP contribution in [0.4, 0.5) is 0 Å². The summed E-state index contributed by atoms with van der Waals surface area (Å²) >= 11 is 0. The third-order valence-corrected chi connectivity index (χ3v) is 4.23. The molecular weight excluding hydrogens is 200 g/mol. The minimum Gasteiger partial charge on any atom is -0.336 e. The Morgan fingerprint density at radius 2 is 2.00 bits per heavy atom. The van der Waals surface area contributed by atoms with E-state index in [2.05, 4.69) is 31.0 Å². The van der Waals surface area contributed by atoms with Gasteiger partial charge in [-0.3, -0.25) is 4.79 Å². The van der Waals surface area contributed by atoms with Crippen molar-refractivity contribution in [2.45, 2.75) is 52.1 Å². The lowest BCUT2D eigenvalue weighted by Crippen LogP contribution is -2.55. The maximum Gasteiger partial charge on any atom is 0.228 e. The highest BCUT2D eigenvalue weighted by molar-refractivity contribution is 5.81. The number of amides is 1. The highest BCUT2D eigenvalue weighted by atomic mass is 16.2. The topological polar surface area (TPSA) is 32.3 Å². The van der Waals surface area contributed by atoms with Crippen LogP contribution in [0.15, 0.2) is 0 Å². The fourth-order valence-corrected chi connectivity index (χ4v) is 2.36. The van der Waals surface area contributed by atoms with Crippen molar-refractivity contribution in [1.29, 1.82) is 0 Å². The highest BCUT2D eigenvalue weighted by Crippen LogP contribution is 2.33. The van der Waals surface area contributed by atoms with E-state index >= 15 is 0 Å². The Bertz CT molecular complexity index is 259. The molecule has 1 saturated heterocycles. The first-order valence-electron chi connectivity index (χ1n) is 6.68. The molecule has 0 bridgehead atoms. The number of rotatable bonds is 5.